The summed E-state index contributed by atoms with van der Waals surface area (Å²) in [7, 11) is 5.26. The number of aliphatic hydroxyl groups excluding tert-OH is 1. The topological polar surface area (TPSA) is 92.9 Å². The summed E-state index contributed by atoms with van der Waals surface area (Å²) >= 11 is 0. The summed E-state index contributed by atoms with van der Waals surface area (Å²) < 4.78 is 13.0. The van der Waals surface area contributed by atoms with Gasteiger partial charge >= 0.3 is 0 Å². The molecule has 0 aliphatic carbocycles. The standard InChI is InChI=1S/C21H29N5O3/c1-13(2)18-11-24-26-20(23-4)9-19(25-21(18)26)14-6-16(28-5)8-17(7-14)29-12-15(27)10-22-3/h6-9,11,13,15,22-23,27H,10,12H2,1-5H3. The second kappa shape index (κ2) is 9.11. The fraction of sp³-hybridized carbons (Fsp3) is 0.429. The van der Waals surface area contributed by atoms with Crippen LogP contribution in [0.25, 0.3) is 16.9 Å². The molecule has 156 valence electrons. The molecule has 3 aromatic rings. The molecule has 0 fully saturated rings. The third-order valence-corrected chi connectivity index (χ3v) is 4.67. The summed E-state index contributed by atoms with van der Waals surface area (Å²) in [4.78, 5) is 4.87. The van der Waals surface area contributed by atoms with Gasteiger partial charge in [0, 0.05) is 36.9 Å². The van der Waals surface area contributed by atoms with Crippen molar-refractivity contribution < 1.29 is 14.6 Å². The van der Waals surface area contributed by atoms with Crippen LogP contribution in [0.4, 0.5) is 5.82 Å². The first-order valence-electron chi connectivity index (χ1n) is 9.68. The number of fused-ring (bicyclic) bond motifs is 1. The van der Waals surface area contributed by atoms with Crippen molar-refractivity contribution in [1.82, 2.24) is 19.9 Å². The van der Waals surface area contributed by atoms with Crippen LogP contribution in [-0.4, -0.2) is 60.2 Å². The average Bonchev–Trinajstić information content (AvgIpc) is 3.16. The molecule has 1 unspecified atom stereocenters. The van der Waals surface area contributed by atoms with Gasteiger partial charge in [-0.05, 0) is 25.1 Å². The van der Waals surface area contributed by atoms with E-state index in [1.54, 1.807) is 20.2 Å². The normalized spacial score (nSPS) is 12.4. The van der Waals surface area contributed by atoms with Gasteiger partial charge in [0.1, 0.15) is 30.0 Å². The summed E-state index contributed by atoms with van der Waals surface area (Å²) in [5, 5.41) is 20.5. The molecule has 0 spiro atoms. The van der Waals surface area contributed by atoms with E-state index in [9.17, 15) is 5.11 Å². The Morgan fingerprint density at radius 3 is 2.55 bits per heavy atom. The molecule has 3 rings (SSSR count). The summed E-state index contributed by atoms with van der Waals surface area (Å²) in [6.07, 6.45) is 1.27. The Labute approximate surface area is 170 Å². The van der Waals surface area contributed by atoms with Crippen molar-refractivity contribution in [2.24, 2.45) is 0 Å². The first-order valence-corrected chi connectivity index (χ1v) is 9.68. The van der Waals surface area contributed by atoms with Crippen molar-refractivity contribution in [3.8, 4) is 22.8 Å². The number of benzene rings is 1. The zero-order valence-corrected chi connectivity index (χ0v) is 17.6. The maximum absolute atomic E-state index is 9.92. The highest BCUT2D eigenvalue weighted by Gasteiger charge is 2.15. The number of anilines is 1. The number of likely N-dealkylation sites (N-methyl/N-ethyl adjacent to an activating group) is 1. The molecule has 0 saturated heterocycles. The van der Waals surface area contributed by atoms with Gasteiger partial charge in [0.25, 0.3) is 0 Å². The second-order valence-electron chi connectivity index (χ2n) is 7.19. The van der Waals surface area contributed by atoms with E-state index in [1.165, 1.54) is 0 Å². The van der Waals surface area contributed by atoms with Crippen LogP contribution in [0.5, 0.6) is 11.5 Å². The van der Waals surface area contributed by atoms with Crippen molar-refractivity contribution in [3.05, 3.63) is 36.0 Å². The van der Waals surface area contributed by atoms with E-state index in [-0.39, 0.29) is 6.61 Å². The molecule has 1 atom stereocenters. The van der Waals surface area contributed by atoms with Crippen molar-refractivity contribution in [1.29, 1.82) is 0 Å². The number of aromatic nitrogens is 3. The SMILES string of the molecule is CNCC(O)COc1cc(OC)cc(-c2cc(NC)n3ncc(C(C)C)c3n2)c1. The fourth-order valence-electron chi connectivity index (χ4n) is 3.12. The second-order valence-corrected chi connectivity index (χ2v) is 7.19. The Balaban J connectivity index is 2.03. The Morgan fingerprint density at radius 1 is 1.14 bits per heavy atom. The Hall–Kier alpha value is -2.84. The largest absolute Gasteiger partial charge is 0.497 e. The molecular weight excluding hydrogens is 370 g/mol. The fourth-order valence-corrected chi connectivity index (χ4v) is 3.12. The lowest BCUT2D eigenvalue weighted by atomic mass is 10.1. The van der Waals surface area contributed by atoms with Gasteiger partial charge in [0.05, 0.1) is 19.0 Å². The van der Waals surface area contributed by atoms with E-state index in [1.807, 2.05) is 36.0 Å². The van der Waals surface area contributed by atoms with Gasteiger partial charge < -0.3 is 25.2 Å². The monoisotopic (exact) mass is 399 g/mol. The molecule has 3 N–H and O–H groups in total. The van der Waals surface area contributed by atoms with Crippen LogP contribution in [0.1, 0.15) is 25.3 Å². The summed E-state index contributed by atoms with van der Waals surface area (Å²) in [5.74, 6) is 2.41. The lowest BCUT2D eigenvalue weighted by molar-refractivity contribution is 0.108. The maximum Gasteiger partial charge on any atom is 0.161 e. The Kier molecular flexibility index (Phi) is 6.56. The molecule has 8 nitrogen and oxygen atoms in total. The lowest BCUT2D eigenvalue weighted by Gasteiger charge is -2.14. The van der Waals surface area contributed by atoms with E-state index in [4.69, 9.17) is 14.5 Å². The van der Waals surface area contributed by atoms with Gasteiger partial charge in [-0.25, -0.2) is 4.98 Å². The number of ether oxygens (including phenoxy) is 2. The summed E-state index contributed by atoms with van der Waals surface area (Å²) in [6.45, 7) is 4.89. The van der Waals surface area contributed by atoms with E-state index in [2.05, 4.69) is 29.6 Å². The number of nitrogens with one attached hydrogen (secondary N) is 2. The van der Waals surface area contributed by atoms with E-state index >= 15 is 0 Å². The van der Waals surface area contributed by atoms with E-state index in [0.717, 1.165) is 28.3 Å². The molecule has 0 aliphatic rings. The number of hydrogen-bond donors (Lipinski definition) is 3. The van der Waals surface area contributed by atoms with E-state index in [0.29, 0.717) is 24.0 Å². The van der Waals surface area contributed by atoms with Gasteiger partial charge in [-0.3, -0.25) is 0 Å². The molecule has 8 heteroatoms. The van der Waals surface area contributed by atoms with Crippen LogP contribution in [0, 0.1) is 0 Å². The molecule has 0 radical (unpaired) electrons. The number of methoxy groups -OCH3 is 1. The first kappa shape index (κ1) is 20.9. The van der Waals surface area contributed by atoms with Crippen molar-refractivity contribution >= 4 is 11.5 Å². The number of hydrogen-bond acceptors (Lipinski definition) is 7. The Bertz CT molecular complexity index is 970. The summed E-state index contributed by atoms with van der Waals surface area (Å²) in [6, 6.07) is 7.56. The van der Waals surface area contributed by atoms with Gasteiger partial charge in [-0.15, -0.1) is 0 Å². The van der Waals surface area contributed by atoms with E-state index < -0.39 is 6.10 Å². The zero-order valence-electron chi connectivity index (χ0n) is 17.6. The van der Waals surface area contributed by atoms with Crippen molar-refractivity contribution in [3.63, 3.8) is 0 Å². The summed E-state index contributed by atoms with van der Waals surface area (Å²) in [5.41, 5.74) is 3.54. The zero-order chi connectivity index (χ0) is 21.0. The molecule has 0 bridgehead atoms. The van der Waals surface area contributed by atoms with Gasteiger partial charge in [-0.1, -0.05) is 13.8 Å². The van der Waals surface area contributed by atoms with Crippen LogP contribution in [0.2, 0.25) is 0 Å². The highest BCUT2D eigenvalue weighted by atomic mass is 16.5. The first-order chi connectivity index (χ1) is 14.0. The van der Waals surface area contributed by atoms with Crippen LogP contribution in [-0.2, 0) is 0 Å². The molecule has 0 amide bonds. The predicted molar refractivity (Wildman–Crippen MR) is 114 cm³/mol. The smallest absolute Gasteiger partial charge is 0.161 e. The van der Waals surface area contributed by atoms with Crippen LogP contribution in [0.3, 0.4) is 0 Å². The average molecular weight is 399 g/mol. The molecule has 29 heavy (non-hydrogen) atoms. The minimum absolute atomic E-state index is 0.182. The molecule has 2 heterocycles. The highest BCUT2D eigenvalue weighted by molar-refractivity contribution is 5.70. The highest BCUT2D eigenvalue weighted by Crippen LogP contribution is 2.32. The molecule has 0 aliphatic heterocycles. The third-order valence-electron chi connectivity index (χ3n) is 4.67. The predicted octanol–water partition coefficient (Wildman–Crippen LogP) is 2.53. The van der Waals surface area contributed by atoms with Gasteiger partial charge in [0.15, 0.2) is 5.65 Å². The van der Waals surface area contributed by atoms with Gasteiger partial charge in [0.2, 0.25) is 0 Å². The minimum Gasteiger partial charge on any atom is -0.497 e. The number of nitrogens with zero attached hydrogens (tertiary/aromatic N) is 3. The van der Waals surface area contributed by atoms with Crippen LogP contribution in [0.15, 0.2) is 30.5 Å². The minimum atomic E-state index is -0.597. The maximum atomic E-state index is 9.92. The van der Waals surface area contributed by atoms with Crippen molar-refractivity contribution in [2.75, 3.05) is 39.7 Å². The molecular formula is C21H29N5O3. The lowest BCUT2D eigenvalue weighted by Crippen LogP contribution is -2.29. The number of rotatable bonds is 9. The molecule has 1 aromatic carbocycles. The van der Waals surface area contributed by atoms with Crippen LogP contribution < -0.4 is 20.1 Å². The number of aliphatic hydroxyl groups is 1. The molecule has 0 saturated carbocycles. The molecule has 2 aromatic heterocycles. The van der Waals surface area contributed by atoms with Crippen molar-refractivity contribution in [2.45, 2.75) is 25.9 Å². The van der Waals surface area contributed by atoms with Gasteiger partial charge in [-0.2, -0.15) is 9.61 Å². The quantitative estimate of drug-likeness (QED) is 0.509. The van der Waals surface area contributed by atoms with Crippen LogP contribution >= 0.6 is 0 Å². The Morgan fingerprint density at radius 2 is 1.90 bits per heavy atom. The third kappa shape index (κ3) is 4.60.